The monoisotopic (exact) mass is 255 g/mol. The summed E-state index contributed by atoms with van der Waals surface area (Å²) in [5.74, 6) is -0.113. The van der Waals surface area contributed by atoms with E-state index in [4.69, 9.17) is 0 Å². The van der Waals surface area contributed by atoms with Crippen LogP contribution in [0.15, 0.2) is 30.5 Å². The minimum absolute atomic E-state index is 0.113. The van der Waals surface area contributed by atoms with Crippen LogP contribution in [-0.2, 0) is 11.2 Å². The number of para-hydroxylation sites is 1. The highest BCUT2D eigenvalue weighted by Crippen LogP contribution is 2.34. The van der Waals surface area contributed by atoms with Crippen LogP contribution in [0.4, 0.5) is 5.69 Å². The highest BCUT2D eigenvalue weighted by molar-refractivity contribution is 5.88. The number of amides is 1. The molecule has 1 aliphatic heterocycles. The first-order chi connectivity index (χ1) is 9.20. The van der Waals surface area contributed by atoms with E-state index in [2.05, 4.69) is 5.10 Å². The van der Waals surface area contributed by atoms with Gasteiger partial charge in [0, 0.05) is 30.8 Å². The predicted octanol–water partition coefficient (Wildman–Crippen LogP) is 1.73. The van der Waals surface area contributed by atoms with E-state index < -0.39 is 0 Å². The number of hydrogen-bond donors (Lipinski definition) is 0. The molecule has 0 N–H and O–H groups in total. The normalized spacial score (nSPS) is 13.4. The molecule has 1 amide bonds. The standard InChI is InChI=1S/C14H13N3O2/c1-10(19)17-8-11-6-7-16(9-18)13-5-3-2-4-12(13)14(11)15-17/h2-5,8-9H,6-7H2,1H3. The molecule has 0 aliphatic carbocycles. The second kappa shape index (κ2) is 4.35. The first-order valence-corrected chi connectivity index (χ1v) is 6.11. The van der Waals surface area contributed by atoms with Crippen molar-refractivity contribution in [3.8, 4) is 11.3 Å². The Balaban J connectivity index is 2.22. The molecule has 5 nitrogen and oxygen atoms in total. The minimum Gasteiger partial charge on any atom is -0.314 e. The maximum atomic E-state index is 11.4. The molecule has 0 saturated carbocycles. The van der Waals surface area contributed by atoms with Crippen LogP contribution in [0.5, 0.6) is 0 Å². The van der Waals surface area contributed by atoms with Crippen LogP contribution in [0.25, 0.3) is 11.3 Å². The predicted molar refractivity (Wildman–Crippen MR) is 71.1 cm³/mol. The fourth-order valence-electron chi connectivity index (χ4n) is 2.38. The second-order valence-electron chi connectivity index (χ2n) is 4.53. The number of benzene rings is 1. The summed E-state index contributed by atoms with van der Waals surface area (Å²) >= 11 is 0. The lowest BCUT2D eigenvalue weighted by molar-refractivity contribution is -0.107. The molecule has 0 unspecified atom stereocenters. The zero-order valence-corrected chi connectivity index (χ0v) is 10.5. The summed E-state index contributed by atoms with van der Waals surface area (Å²) in [6, 6.07) is 7.62. The van der Waals surface area contributed by atoms with Crippen molar-refractivity contribution in [2.24, 2.45) is 0 Å². The van der Waals surface area contributed by atoms with Gasteiger partial charge >= 0.3 is 0 Å². The Kier molecular flexibility index (Phi) is 2.67. The van der Waals surface area contributed by atoms with Crippen molar-refractivity contribution in [2.75, 3.05) is 11.4 Å². The van der Waals surface area contributed by atoms with Crippen molar-refractivity contribution < 1.29 is 9.59 Å². The van der Waals surface area contributed by atoms with Crippen LogP contribution < -0.4 is 4.90 Å². The van der Waals surface area contributed by atoms with Crippen LogP contribution in [0.3, 0.4) is 0 Å². The Morgan fingerprint density at radius 3 is 2.89 bits per heavy atom. The van der Waals surface area contributed by atoms with Crippen molar-refractivity contribution in [1.82, 2.24) is 9.78 Å². The van der Waals surface area contributed by atoms with Gasteiger partial charge in [0.1, 0.15) is 0 Å². The van der Waals surface area contributed by atoms with Gasteiger partial charge in [0.05, 0.1) is 11.4 Å². The topological polar surface area (TPSA) is 55.2 Å². The van der Waals surface area contributed by atoms with Gasteiger partial charge in [-0.3, -0.25) is 9.59 Å². The summed E-state index contributed by atoms with van der Waals surface area (Å²) in [6.45, 7) is 2.08. The molecule has 0 radical (unpaired) electrons. The average molecular weight is 255 g/mol. The Labute approximate surface area is 110 Å². The van der Waals surface area contributed by atoms with Gasteiger partial charge in [-0.05, 0) is 12.5 Å². The van der Waals surface area contributed by atoms with Gasteiger partial charge < -0.3 is 4.90 Å². The van der Waals surface area contributed by atoms with Crippen molar-refractivity contribution in [1.29, 1.82) is 0 Å². The van der Waals surface area contributed by atoms with E-state index in [0.717, 1.165) is 28.9 Å². The summed E-state index contributed by atoms with van der Waals surface area (Å²) in [7, 11) is 0. The SMILES string of the molecule is CC(=O)n1cc2c(n1)-c1ccccc1N(C=O)CC2. The number of carbonyl (C=O) groups excluding carboxylic acids is 2. The number of carbonyl (C=O) groups is 2. The number of fused-ring (bicyclic) bond motifs is 3. The summed E-state index contributed by atoms with van der Waals surface area (Å²) in [4.78, 5) is 24.3. The van der Waals surface area contributed by atoms with Gasteiger partial charge in [0.2, 0.25) is 12.3 Å². The third-order valence-corrected chi connectivity index (χ3v) is 3.33. The Morgan fingerprint density at radius 2 is 2.16 bits per heavy atom. The summed E-state index contributed by atoms with van der Waals surface area (Å²) in [6.07, 6.45) is 3.28. The highest BCUT2D eigenvalue weighted by Gasteiger charge is 2.22. The van der Waals surface area contributed by atoms with E-state index in [1.54, 1.807) is 11.1 Å². The molecule has 2 heterocycles. The summed E-state index contributed by atoms with van der Waals surface area (Å²) < 4.78 is 1.36. The summed E-state index contributed by atoms with van der Waals surface area (Å²) in [5, 5.41) is 4.34. The minimum atomic E-state index is -0.113. The molecule has 2 aromatic rings. The van der Waals surface area contributed by atoms with Crippen LogP contribution in [-0.4, -0.2) is 28.6 Å². The zero-order valence-electron chi connectivity index (χ0n) is 10.5. The maximum absolute atomic E-state index is 11.4. The molecule has 0 bridgehead atoms. The molecular weight excluding hydrogens is 242 g/mol. The van der Waals surface area contributed by atoms with Crippen LogP contribution in [0.1, 0.15) is 17.3 Å². The van der Waals surface area contributed by atoms with E-state index in [-0.39, 0.29) is 5.91 Å². The highest BCUT2D eigenvalue weighted by atomic mass is 16.2. The molecule has 1 aliphatic rings. The number of aromatic nitrogens is 2. The molecule has 0 spiro atoms. The fraction of sp³-hybridized carbons (Fsp3) is 0.214. The van der Waals surface area contributed by atoms with E-state index in [1.165, 1.54) is 11.6 Å². The lowest BCUT2D eigenvalue weighted by Gasteiger charge is -2.16. The Bertz CT molecular complexity index is 660. The van der Waals surface area contributed by atoms with Crippen molar-refractivity contribution in [3.05, 3.63) is 36.0 Å². The Morgan fingerprint density at radius 1 is 1.37 bits per heavy atom. The molecule has 0 atom stereocenters. The quantitative estimate of drug-likeness (QED) is 0.729. The first kappa shape index (κ1) is 11.6. The second-order valence-corrected chi connectivity index (χ2v) is 4.53. The van der Waals surface area contributed by atoms with E-state index >= 15 is 0 Å². The molecule has 1 aromatic heterocycles. The molecule has 5 heteroatoms. The zero-order chi connectivity index (χ0) is 13.4. The van der Waals surface area contributed by atoms with Crippen molar-refractivity contribution >= 4 is 18.0 Å². The first-order valence-electron chi connectivity index (χ1n) is 6.11. The van der Waals surface area contributed by atoms with Gasteiger partial charge in [0.25, 0.3) is 0 Å². The van der Waals surface area contributed by atoms with Gasteiger partial charge in [-0.25, -0.2) is 4.68 Å². The van der Waals surface area contributed by atoms with Crippen molar-refractivity contribution in [2.45, 2.75) is 13.3 Å². The van der Waals surface area contributed by atoms with Gasteiger partial charge in [-0.2, -0.15) is 5.10 Å². The fourth-order valence-corrected chi connectivity index (χ4v) is 2.38. The molecule has 0 saturated heterocycles. The molecule has 1 aromatic carbocycles. The van der Waals surface area contributed by atoms with Crippen molar-refractivity contribution in [3.63, 3.8) is 0 Å². The molecule has 3 rings (SSSR count). The number of anilines is 1. The smallest absolute Gasteiger partial charge is 0.243 e. The van der Waals surface area contributed by atoms with Gasteiger partial charge in [-0.1, -0.05) is 18.2 Å². The van der Waals surface area contributed by atoms with E-state index in [9.17, 15) is 9.59 Å². The lowest BCUT2D eigenvalue weighted by atomic mass is 10.1. The molecule has 96 valence electrons. The van der Waals surface area contributed by atoms with Crippen LogP contribution in [0.2, 0.25) is 0 Å². The molecular formula is C14H13N3O2. The number of rotatable bonds is 1. The average Bonchev–Trinajstić information content (AvgIpc) is 2.78. The largest absolute Gasteiger partial charge is 0.314 e. The van der Waals surface area contributed by atoms with Gasteiger partial charge in [-0.15, -0.1) is 0 Å². The molecule has 0 fully saturated rings. The van der Waals surface area contributed by atoms with Gasteiger partial charge in [0.15, 0.2) is 0 Å². The van der Waals surface area contributed by atoms with Crippen LogP contribution in [0, 0.1) is 0 Å². The molecule has 19 heavy (non-hydrogen) atoms. The Hall–Kier alpha value is -2.43. The number of nitrogens with zero attached hydrogens (tertiary/aromatic N) is 3. The third kappa shape index (κ3) is 1.83. The summed E-state index contributed by atoms with van der Waals surface area (Å²) in [5.41, 5.74) is 3.51. The lowest BCUT2D eigenvalue weighted by Crippen LogP contribution is -2.23. The maximum Gasteiger partial charge on any atom is 0.243 e. The van der Waals surface area contributed by atoms with E-state index in [0.29, 0.717) is 13.0 Å². The number of hydrogen-bond acceptors (Lipinski definition) is 3. The van der Waals surface area contributed by atoms with Crippen LogP contribution >= 0.6 is 0 Å². The van der Waals surface area contributed by atoms with E-state index in [1.807, 2.05) is 24.3 Å². The third-order valence-electron chi connectivity index (χ3n) is 3.33.